The lowest BCUT2D eigenvalue weighted by Gasteiger charge is -2.18. The minimum Gasteiger partial charge on any atom is -0.465 e. The van der Waals surface area contributed by atoms with Crippen LogP contribution >= 0.6 is 15.9 Å². The topological polar surface area (TPSA) is 57.0 Å². The molecule has 1 atom stereocenters. The zero-order valence-electron chi connectivity index (χ0n) is 12.3. The Kier molecular flexibility index (Phi) is 5.12. The van der Waals surface area contributed by atoms with Crippen molar-refractivity contribution in [1.29, 1.82) is 0 Å². The fourth-order valence-electron chi connectivity index (χ4n) is 2.16. The fraction of sp³-hybridized carbons (Fsp3) is 0.400. The maximum atomic E-state index is 12.4. The molecule has 1 unspecified atom stereocenters. The highest BCUT2D eigenvalue weighted by atomic mass is 79.9. The molecule has 0 amide bonds. The number of benzene rings is 1. The fourth-order valence-corrected chi connectivity index (χ4v) is 2.58. The molecule has 0 aliphatic heterocycles. The van der Waals surface area contributed by atoms with Crippen molar-refractivity contribution in [2.45, 2.75) is 32.7 Å². The van der Waals surface area contributed by atoms with Crippen molar-refractivity contribution in [2.75, 3.05) is 6.61 Å². The summed E-state index contributed by atoms with van der Waals surface area (Å²) in [5, 5.41) is 8.09. The first-order valence-electron chi connectivity index (χ1n) is 6.86. The largest absolute Gasteiger partial charge is 0.465 e. The van der Waals surface area contributed by atoms with E-state index in [9.17, 15) is 4.79 Å². The predicted molar refractivity (Wildman–Crippen MR) is 83.0 cm³/mol. The van der Waals surface area contributed by atoms with Crippen molar-refractivity contribution in [1.82, 2.24) is 14.8 Å². The van der Waals surface area contributed by atoms with Gasteiger partial charge in [0.25, 0.3) is 0 Å². The first-order chi connectivity index (χ1) is 10.0. The van der Waals surface area contributed by atoms with E-state index in [0.717, 1.165) is 10.0 Å². The molecule has 6 heteroatoms. The van der Waals surface area contributed by atoms with Gasteiger partial charge < -0.3 is 9.30 Å². The van der Waals surface area contributed by atoms with Crippen LogP contribution in [0.3, 0.4) is 0 Å². The summed E-state index contributed by atoms with van der Waals surface area (Å²) in [4.78, 5) is 12.4. The van der Waals surface area contributed by atoms with Crippen molar-refractivity contribution in [3.05, 3.63) is 46.5 Å². The number of halogens is 1. The number of hydrogen-bond acceptors (Lipinski definition) is 4. The van der Waals surface area contributed by atoms with Crippen LogP contribution in [0.25, 0.3) is 0 Å². The number of ether oxygens (including phenoxy) is 1. The van der Waals surface area contributed by atoms with Crippen molar-refractivity contribution in [3.8, 4) is 0 Å². The third-order valence-corrected chi connectivity index (χ3v) is 3.61. The summed E-state index contributed by atoms with van der Waals surface area (Å²) in [7, 11) is 0. The monoisotopic (exact) mass is 351 g/mol. The molecular formula is C15H18BrN3O2. The van der Waals surface area contributed by atoms with Gasteiger partial charge in [0.05, 0.1) is 6.61 Å². The molecule has 112 valence electrons. The molecular weight excluding hydrogens is 334 g/mol. The minimum absolute atomic E-state index is 0.166. The van der Waals surface area contributed by atoms with E-state index in [4.69, 9.17) is 4.74 Å². The Morgan fingerprint density at radius 1 is 1.43 bits per heavy atom. The Morgan fingerprint density at radius 3 is 2.81 bits per heavy atom. The quantitative estimate of drug-likeness (QED) is 0.775. The van der Waals surface area contributed by atoms with E-state index >= 15 is 0 Å². The lowest BCUT2D eigenvalue weighted by molar-refractivity contribution is -0.144. The van der Waals surface area contributed by atoms with E-state index in [1.165, 1.54) is 0 Å². The molecule has 5 nitrogen and oxygen atoms in total. The molecule has 0 fully saturated rings. The number of aromatic nitrogens is 3. The van der Waals surface area contributed by atoms with Gasteiger partial charge in [-0.2, -0.15) is 0 Å². The van der Waals surface area contributed by atoms with Gasteiger partial charge in [-0.05, 0) is 38.5 Å². The molecule has 1 aromatic carbocycles. The Morgan fingerprint density at radius 2 is 2.19 bits per heavy atom. The Bertz CT molecular complexity index is 625. The van der Waals surface area contributed by atoms with Crippen LogP contribution in [0.1, 0.15) is 44.1 Å². The van der Waals surface area contributed by atoms with Crippen molar-refractivity contribution in [2.24, 2.45) is 0 Å². The number of carbonyl (C=O) groups excluding carboxylic acids is 1. The minimum atomic E-state index is -0.577. The molecule has 0 aliphatic rings. The Hall–Kier alpha value is -1.69. The summed E-state index contributed by atoms with van der Waals surface area (Å²) in [6.45, 7) is 6.17. The van der Waals surface area contributed by atoms with Crippen LogP contribution in [-0.2, 0) is 9.53 Å². The highest BCUT2D eigenvalue weighted by Gasteiger charge is 2.29. The molecule has 1 heterocycles. The van der Waals surface area contributed by atoms with Crippen molar-refractivity contribution in [3.63, 3.8) is 0 Å². The molecule has 0 aliphatic carbocycles. The van der Waals surface area contributed by atoms with Gasteiger partial charge in [0, 0.05) is 10.5 Å². The molecule has 1 aromatic heterocycles. The van der Waals surface area contributed by atoms with E-state index in [-0.39, 0.29) is 12.0 Å². The van der Waals surface area contributed by atoms with Gasteiger partial charge >= 0.3 is 5.97 Å². The maximum absolute atomic E-state index is 12.4. The van der Waals surface area contributed by atoms with Crippen LogP contribution in [0.15, 0.2) is 35.1 Å². The van der Waals surface area contributed by atoms with Crippen LogP contribution in [0.4, 0.5) is 0 Å². The third-order valence-electron chi connectivity index (χ3n) is 3.12. The number of rotatable bonds is 5. The molecule has 2 rings (SSSR count). The van der Waals surface area contributed by atoms with Crippen LogP contribution < -0.4 is 0 Å². The third kappa shape index (κ3) is 3.50. The average molecular weight is 352 g/mol. The van der Waals surface area contributed by atoms with E-state index in [0.29, 0.717) is 12.4 Å². The standard InChI is InChI=1S/C15H18BrN3O2/c1-4-21-15(20)13(11-6-5-7-12(16)8-11)14-18-17-9-19(14)10(2)3/h5-10,13H,4H2,1-3H3. The van der Waals surface area contributed by atoms with Gasteiger partial charge in [0.1, 0.15) is 12.2 Å². The molecule has 21 heavy (non-hydrogen) atoms. The van der Waals surface area contributed by atoms with Crippen molar-refractivity contribution < 1.29 is 9.53 Å². The molecule has 2 aromatic rings. The zero-order chi connectivity index (χ0) is 15.4. The van der Waals surface area contributed by atoms with Crippen LogP contribution in [0.5, 0.6) is 0 Å². The SMILES string of the molecule is CCOC(=O)C(c1cccc(Br)c1)c1nncn1C(C)C. The van der Waals surface area contributed by atoms with Crippen LogP contribution in [0.2, 0.25) is 0 Å². The van der Waals surface area contributed by atoms with Gasteiger partial charge in [-0.1, -0.05) is 28.1 Å². The van der Waals surface area contributed by atoms with Gasteiger partial charge in [-0.3, -0.25) is 4.79 Å². The second-order valence-corrected chi connectivity index (χ2v) is 5.85. The summed E-state index contributed by atoms with van der Waals surface area (Å²) < 4.78 is 8.02. The average Bonchev–Trinajstić information content (AvgIpc) is 2.88. The first-order valence-corrected chi connectivity index (χ1v) is 7.65. The first kappa shape index (κ1) is 15.7. The molecule has 0 spiro atoms. The van der Waals surface area contributed by atoms with Gasteiger partial charge in [0.2, 0.25) is 0 Å². The number of nitrogens with zero attached hydrogens (tertiary/aromatic N) is 3. The van der Waals surface area contributed by atoms with Gasteiger partial charge in [-0.15, -0.1) is 10.2 Å². The second-order valence-electron chi connectivity index (χ2n) is 4.93. The van der Waals surface area contributed by atoms with Crippen LogP contribution in [0, 0.1) is 0 Å². The molecule has 0 bridgehead atoms. The zero-order valence-corrected chi connectivity index (χ0v) is 13.9. The maximum Gasteiger partial charge on any atom is 0.321 e. The van der Waals surface area contributed by atoms with E-state index in [1.54, 1.807) is 13.3 Å². The highest BCUT2D eigenvalue weighted by molar-refractivity contribution is 9.10. The smallest absolute Gasteiger partial charge is 0.321 e. The molecule has 0 saturated heterocycles. The summed E-state index contributed by atoms with van der Waals surface area (Å²) in [5.41, 5.74) is 0.831. The molecule has 0 N–H and O–H groups in total. The van der Waals surface area contributed by atoms with Gasteiger partial charge in [0.15, 0.2) is 5.82 Å². The number of esters is 1. The van der Waals surface area contributed by atoms with E-state index in [2.05, 4.69) is 26.1 Å². The highest BCUT2D eigenvalue weighted by Crippen LogP contribution is 2.28. The number of hydrogen-bond donors (Lipinski definition) is 0. The molecule has 0 saturated carbocycles. The summed E-state index contributed by atoms with van der Waals surface area (Å²) in [5.74, 6) is -0.292. The Balaban J connectivity index is 2.51. The van der Waals surface area contributed by atoms with E-state index < -0.39 is 5.92 Å². The lowest BCUT2D eigenvalue weighted by atomic mass is 9.98. The predicted octanol–water partition coefficient (Wildman–Crippen LogP) is 3.32. The van der Waals surface area contributed by atoms with E-state index in [1.807, 2.05) is 42.7 Å². The number of carbonyl (C=O) groups is 1. The van der Waals surface area contributed by atoms with Gasteiger partial charge in [-0.25, -0.2) is 0 Å². The molecule has 0 radical (unpaired) electrons. The lowest BCUT2D eigenvalue weighted by Crippen LogP contribution is -2.22. The summed E-state index contributed by atoms with van der Waals surface area (Å²) >= 11 is 3.43. The normalized spacial score (nSPS) is 12.4. The summed E-state index contributed by atoms with van der Waals surface area (Å²) in [6, 6.07) is 7.77. The van der Waals surface area contributed by atoms with Crippen molar-refractivity contribution >= 4 is 21.9 Å². The Labute approximate surface area is 132 Å². The van der Waals surface area contributed by atoms with Crippen LogP contribution in [-0.4, -0.2) is 27.3 Å². The second kappa shape index (κ2) is 6.85. The summed E-state index contributed by atoms with van der Waals surface area (Å²) in [6.07, 6.45) is 1.64.